The first kappa shape index (κ1) is 21.4. The topological polar surface area (TPSA) is 73.9 Å². The van der Waals surface area contributed by atoms with Crippen molar-refractivity contribution in [1.82, 2.24) is 15.5 Å². The second-order valence-corrected chi connectivity index (χ2v) is 7.94. The Morgan fingerprint density at radius 2 is 1.62 bits per heavy atom. The van der Waals surface area contributed by atoms with Crippen molar-refractivity contribution in [3.63, 3.8) is 0 Å². The van der Waals surface area contributed by atoms with Crippen molar-refractivity contribution in [1.29, 1.82) is 0 Å². The van der Waals surface area contributed by atoms with Gasteiger partial charge in [-0.3, -0.25) is 14.5 Å². The van der Waals surface area contributed by atoms with Gasteiger partial charge < -0.3 is 20.3 Å². The van der Waals surface area contributed by atoms with Crippen molar-refractivity contribution in [2.75, 3.05) is 51.3 Å². The Morgan fingerprint density at radius 1 is 0.966 bits per heavy atom. The first-order chi connectivity index (χ1) is 14.2. The number of carbonyl (C=O) groups excluding carboxylic acids is 2. The molecule has 1 saturated carbocycles. The van der Waals surface area contributed by atoms with Gasteiger partial charge in [0.15, 0.2) is 0 Å². The maximum Gasteiger partial charge on any atom is 0.309 e. The third-order valence-corrected chi connectivity index (χ3v) is 5.92. The van der Waals surface area contributed by atoms with E-state index >= 15 is 0 Å². The molecule has 1 aromatic rings. The highest BCUT2D eigenvalue weighted by Crippen LogP contribution is 2.20. The van der Waals surface area contributed by atoms with Crippen molar-refractivity contribution in [3.8, 4) is 5.75 Å². The molecule has 1 saturated heterocycles. The van der Waals surface area contributed by atoms with E-state index in [2.05, 4.69) is 32.6 Å². The number of ether oxygens (including phenoxy) is 1. The minimum Gasteiger partial charge on any atom is -0.497 e. The fourth-order valence-corrected chi connectivity index (χ4v) is 4.11. The molecule has 2 aliphatic rings. The zero-order valence-corrected chi connectivity index (χ0v) is 17.5. The van der Waals surface area contributed by atoms with E-state index in [9.17, 15) is 9.59 Å². The molecule has 0 radical (unpaired) electrons. The number of carbonyl (C=O) groups is 2. The third-order valence-electron chi connectivity index (χ3n) is 5.92. The van der Waals surface area contributed by atoms with Gasteiger partial charge >= 0.3 is 11.8 Å². The number of methoxy groups -OCH3 is 1. The zero-order chi connectivity index (χ0) is 20.5. The van der Waals surface area contributed by atoms with Crippen molar-refractivity contribution in [2.24, 2.45) is 0 Å². The average molecular weight is 403 g/mol. The standard InChI is InChI=1S/C22H34N4O3/c1-29-20-10-8-19(9-11-20)26-16-14-25(15-17-26)13-12-23-21(27)22(28)24-18-6-4-2-3-5-7-18/h8-11,18H,2-7,12-17H2,1H3,(H,23,27)(H,24,28). The Morgan fingerprint density at radius 3 is 2.24 bits per heavy atom. The molecule has 3 rings (SSSR count). The smallest absolute Gasteiger partial charge is 0.309 e. The first-order valence-electron chi connectivity index (χ1n) is 10.9. The van der Waals surface area contributed by atoms with Gasteiger partial charge in [0.05, 0.1) is 7.11 Å². The second kappa shape index (κ2) is 11.0. The monoisotopic (exact) mass is 402 g/mol. The lowest BCUT2D eigenvalue weighted by molar-refractivity contribution is -0.139. The lowest BCUT2D eigenvalue weighted by Crippen LogP contribution is -2.50. The number of benzene rings is 1. The number of hydrogen-bond donors (Lipinski definition) is 2. The van der Waals surface area contributed by atoms with E-state index in [4.69, 9.17) is 4.74 Å². The van der Waals surface area contributed by atoms with Crippen molar-refractivity contribution in [3.05, 3.63) is 24.3 Å². The highest BCUT2D eigenvalue weighted by atomic mass is 16.5. The number of nitrogens with one attached hydrogen (secondary N) is 2. The van der Waals surface area contributed by atoms with Gasteiger partial charge in [-0.25, -0.2) is 0 Å². The summed E-state index contributed by atoms with van der Waals surface area (Å²) in [6.45, 7) is 5.04. The van der Waals surface area contributed by atoms with Crippen LogP contribution in [0.25, 0.3) is 0 Å². The van der Waals surface area contributed by atoms with Crippen LogP contribution < -0.4 is 20.3 Å². The van der Waals surface area contributed by atoms with Gasteiger partial charge in [0.1, 0.15) is 5.75 Å². The highest BCUT2D eigenvalue weighted by Gasteiger charge is 2.21. The summed E-state index contributed by atoms with van der Waals surface area (Å²) in [7, 11) is 1.67. The third kappa shape index (κ3) is 6.63. The largest absolute Gasteiger partial charge is 0.497 e. The van der Waals surface area contributed by atoms with E-state index in [-0.39, 0.29) is 6.04 Å². The number of nitrogens with zero attached hydrogens (tertiary/aromatic N) is 2. The van der Waals surface area contributed by atoms with Crippen LogP contribution in [0.2, 0.25) is 0 Å². The van der Waals surface area contributed by atoms with E-state index in [1.807, 2.05) is 12.1 Å². The van der Waals surface area contributed by atoms with Gasteiger partial charge in [-0.05, 0) is 37.1 Å². The molecule has 0 unspecified atom stereocenters. The molecule has 1 aliphatic carbocycles. The van der Waals surface area contributed by atoms with Crippen LogP contribution in [0.3, 0.4) is 0 Å². The molecule has 2 N–H and O–H groups in total. The summed E-state index contributed by atoms with van der Waals surface area (Å²) in [5, 5.41) is 5.67. The molecule has 160 valence electrons. The van der Waals surface area contributed by atoms with Crippen LogP contribution in [0.5, 0.6) is 5.75 Å². The number of hydrogen-bond acceptors (Lipinski definition) is 5. The number of anilines is 1. The Kier molecular flexibility index (Phi) is 8.16. The SMILES string of the molecule is COc1ccc(N2CCN(CCNC(=O)C(=O)NC3CCCCCC3)CC2)cc1. The van der Waals surface area contributed by atoms with Crippen LogP contribution in [0.15, 0.2) is 24.3 Å². The van der Waals surface area contributed by atoms with E-state index in [0.29, 0.717) is 6.54 Å². The molecule has 0 aromatic heterocycles. The number of piperazine rings is 1. The summed E-state index contributed by atoms with van der Waals surface area (Å²) in [5.41, 5.74) is 1.20. The fourth-order valence-electron chi connectivity index (χ4n) is 4.11. The predicted molar refractivity (Wildman–Crippen MR) is 114 cm³/mol. The van der Waals surface area contributed by atoms with E-state index in [1.165, 1.54) is 18.5 Å². The summed E-state index contributed by atoms with van der Waals surface area (Å²) in [6, 6.07) is 8.29. The molecule has 7 nitrogen and oxygen atoms in total. The Hall–Kier alpha value is -2.28. The van der Waals surface area contributed by atoms with Gasteiger partial charge in [0, 0.05) is 51.0 Å². The highest BCUT2D eigenvalue weighted by molar-refractivity contribution is 6.35. The number of amides is 2. The summed E-state index contributed by atoms with van der Waals surface area (Å²) in [4.78, 5) is 28.9. The van der Waals surface area contributed by atoms with Gasteiger partial charge in [0.2, 0.25) is 0 Å². The average Bonchev–Trinajstić information content (AvgIpc) is 3.03. The molecular formula is C22H34N4O3. The summed E-state index contributed by atoms with van der Waals surface area (Å²) < 4.78 is 5.21. The van der Waals surface area contributed by atoms with Crippen LogP contribution in [0, 0.1) is 0 Å². The van der Waals surface area contributed by atoms with Crippen LogP contribution in [-0.4, -0.2) is 69.1 Å². The van der Waals surface area contributed by atoms with Gasteiger partial charge in [-0.2, -0.15) is 0 Å². The molecule has 1 aromatic carbocycles. The molecule has 29 heavy (non-hydrogen) atoms. The zero-order valence-electron chi connectivity index (χ0n) is 17.5. The normalized spacial score (nSPS) is 18.7. The minimum absolute atomic E-state index is 0.154. The van der Waals surface area contributed by atoms with Crippen molar-refractivity contribution >= 4 is 17.5 Å². The lowest BCUT2D eigenvalue weighted by atomic mass is 10.1. The molecule has 1 aliphatic heterocycles. The van der Waals surface area contributed by atoms with Crippen molar-refractivity contribution in [2.45, 2.75) is 44.6 Å². The van der Waals surface area contributed by atoms with Gasteiger partial charge in [-0.15, -0.1) is 0 Å². The molecular weight excluding hydrogens is 368 g/mol. The van der Waals surface area contributed by atoms with Gasteiger partial charge in [-0.1, -0.05) is 25.7 Å². The molecule has 0 spiro atoms. The molecule has 0 bridgehead atoms. The Balaban J connectivity index is 1.32. The van der Waals surface area contributed by atoms with E-state index in [0.717, 1.165) is 64.2 Å². The van der Waals surface area contributed by atoms with E-state index in [1.54, 1.807) is 7.11 Å². The Bertz CT molecular complexity index is 649. The molecule has 1 heterocycles. The minimum atomic E-state index is -0.508. The van der Waals surface area contributed by atoms with Crippen LogP contribution in [0.1, 0.15) is 38.5 Å². The number of rotatable bonds is 6. The van der Waals surface area contributed by atoms with Crippen LogP contribution in [-0.2, 0) is 9.59 Å². The van der Waals surface area contributed by atoms with E-state index < -0.39 is 11.8 Å². The predicted octanol–water partition coefficient (Wildman–Crippen LogP) is 1.77. The summed E-state index contributed by atoms with van der Waals surface area (Å²) in [6.07, 6.45) is 6.69. The molecule has 7 heteroatoms. The second-order valence-electron chi connectivity index (χ2n) is 7.94. The van der Waals surface area contributed by atoms with Gasteiger partial charge in [0.25, 0.3) is 0 Å². The van der Waals surface area contributed by atoms with Crippen molar-refractivity contribution < 1.29 is 14.3 Å². The lowest BCUT2D eigenvalue weighted by Gasteiger charge is -2.36. The molecule has 0 atom stereocenters. The maximum atomic E-state index is 12.1. The van der Waals surface area contributed by atoms with Crippen LogP contribution in [0.4, 0.5) is 5.69 Å². The quantitative estimate of drug-likeness (QED) is 0.560. The summed E-state index contributed by atoms with van der Waals surface area (Å²) in [5.74, 6) is -0.126. The molecule has 2 fully saturated rings. The molecule has 2 amide bonds. The summed E-state index contributed by atoms with van der Waals surface area (Å²) >= 11 is 0. The fraction of sp³-hybridized carbons (Fsp3) is 0.636. The van der Waals surface area contributed by atoms with Crippen LogP contribution >= 0.6 is 0 Å². The Labute approximate surface area is 173 Å². The maximum absolute atomic E-state index is 12.1. The first-order valence-corrected chi connectivity index (χ1v) is 10.9.